The van der Waals surface area contributed by atoms with Gasteiger partial charge in [0.25, 0.3) is 0 Å². The van der Waals surface area contributed by atoms with E-state index >= 15 is 0 Å². The zero-order chi connectivity index (χ0) is 18.8. The van der Waals surface area contributed by atoms with Crippen LogP contribution in [0, 0.1) is 0 Å². The van der Waals surface area contributed by atoms with Crippen LogP contribution in [0.2, 0.25) is 0 Å². The molecule has 138 valence electrons. The van der Waals surface area contributed by atoms with E-state index in [2.05, 4.69) is 15.5 Å². The van der Waals surface area contributed by atoms with Crippen LogP contribution in [0.15, 0.2) is 47.1 Å². The number of benzene rings is 1. The third-order valence-corrected chi connectivity index (χ3v) is 4.82. The zero-order valence-electron chi connectivity index (χ0n) is 15.0. The van der Waals surface area contributed by atoms with Crippen LogP contribution < -0.4 is 5.32 Å². The van der Waals surface area contributed by atoms with Crippen molar-refractivity contribution in [2.45, 2.75) is 32.2 Å². The minimum atomic E-state index is -0.480. The Balaban J connectivity index is 1.51. The number of nitrogens with one attached hydrogen (secondary N) is 1. The van der Waals surface area contributed by atoms with Gasteiger partial charge in [0, 0.05) is 36.2 Å². The van der Waals surface area contributed by atoms with Crippen molar-refractivity contribution in [2.75, 3.05) is 11.9 Å². The average molecular weight is 364 g/mol. The van der Waals surface area contributed by atoms with Gasteiger partial charge >= 0.3 is 0 Å². The van der Waals surface area contributed by atoms with Crippen molar-refractivity contribution in [3.8, 4) is 11.3 Å². The highest BCUT2D eigenvalue weighted by Crippen LogP contribution is 2.26. The van der Waals surface area contributed by atoms with Crippen molar-refractivity contribution >= 4 is 28.5 Å². The Kier molecular flexibility index (Phi) is 4.58. The van der Waals surface area contributed by atoms with Crippen LogP contribution in [0.25, 0.3) is 22.2 Å². The summed E-state index contributed by atoms with van der Waals surface area (Å²) in [5.74, 6) is 0.686. The second-order valence-corrected chi connectivity index (χ2v) is 6.59. The normalized spacial score (nSPS) is 15.3. The number of carbonyl (C=O) groups is 2. The molecule has 1 aliphatic rings. The maximum Gasteiger partial charge on any atom is 0.248 e. The molecule has 27 heavy (non-hydrogen) atoms. The summed E-state index contributed by atoms with van der Waals surface area (Å²) in [7, 11) is 0. The molecule has 1 atom stereocenters. The molecular formula is C20H20N4O3. The molecule has 2 aromatic heterocycles. The standard InChI is InChI=1S/C20H20N4O3/c1-2-16(24-10-4-6-19(24)25)20(26)22-18-12-17(27-23-18)14-7-8-15-13(11-14)5-3-9-21-15/h3,5,7-9,11-12,16H,2,4,6,10H2,1H3,(H,22,23,26). The number of amides is 2. The lowest BCUT2D eigenvalue weighted by Crippen LogP contribution is -2.44. The van der Waals surface area contributed by atoms with Gasteiger partial charge in [0.1, 0.15) is 6.04 Å². The third-order valence-electron chi connectivity index (χ3n) is 4.82. The fraction of sp³-hybridized carbons (Fsp3) is 0.300. The van der Waals surface area contributed by atoms with Gasteiger partial charge < -0.3 is 14.7 Å². The monoisotopic (exact) mass is 364 g/mol. The lowest BCUT2D eigenvalue weighted by Gasteiger charge is -2.25. The van der Waals surface area contributed by atoms with Crippen LogP contribution >= 0.6 is 0 Å². The number of aromatic nitrogens is 2. The van der Waals surface area contributed by atoms with E-state index in [0.29, 0.717) is 31.0 Å². The molecule has 2 amide bonds. The second kappa shape index (κ2) is 7.19. The summed E-state index contributed by atoms with van der Waals surface area (Å²) in [6.45, 7) is 2.52. The highest BCUT2D eigenvalue weighted by atomic mass is 16.5. The number of hydrogen-bond donors (Lipinski definition) is 1. The number of hydrogen-bond acceptors (Lipinski definition) is 5. The van der Waals surface area contributed by atoms with Gasteiger partial charge in [-0.25, -0.2) is 0 Å². The Morgan fingerprint density at radius 3 is 3.00 bits per heavy atom. The van der Waals surface area contributed by atoms with Gasteiger partial charge in [0.05, 0.1) is 5.52 Å². The van der Waals surface area contributed by atoms with Gasteiger partial charge in [-0.1, -0.05) is 18.1 Å². The van der Waals surface area contributed by atoms with Gasteiger partial charge in [-0.15, -0.1) is 0 Å². The molecule has 7 heteroatoms. The maximum absolute atomic E-state index is 12.6. The minimum Gasteiger partial charge on any atom is -0.354 e. The Morgan fingerprint density at radius 1 is 1.33 bits per heavy atom. The fourth-order valence-corrected chi connectivity index (χ4v) is 3.45. The summed E-state index contributed by atoms with van der Waals surface area (Å²) >= 11 is 0. The van der Waals surface area contributed by atoms with Crippen LogP contribution in [0.5, 0.6) is 0 Å². The number of likely N-dealkylation sites (tertiary alicyclic amines) is 1. The Morgan fingerprint density at radius 2 is 2.22 bits per heavy atom. The van der Waals surface area contributed by atoms with E-state index in [0.717, 1.165) is 22.9 Å². The van der Waals surface area contributed by atoms with E-state index in [1.54, 1.807) is 17.2 Å². The van der Waals surface area contributed by atoms with Crippen molar-refractivity contribution < 1.29 is 14.1 Å². The molecule has 0 spiro atoms. The molecule has 0 bridgehead atoms. The van der Waals surface area contributed by atoms with Crippen molar-refractivity contribution in [2.24, 2.45) is 0 Å². The van der Waals surface area contributed by atoms with E-state index in [-0.39, 0.29) is 11.8 Å². The first-order chi connectivity index (χ1) is 13.2. The quantitative estimate of drug-likeness (QED) is 0.751. The van der Waals surface area contributed by atoms with E-state index in [4.69, 9.17) is 4.52 Å². The molecule has 1 N–H and O–H groups in total. The molecule has 4 rings (SSSR count). The SMILES string of the molecule is CCC(C(=O)Nc1cc(-c2ccc3ncccc3c2)on1)N1CCCC1=O. The van der Waals surface area contributed by atoms with Crippen molar-refractivity contribution in [1.29, 1.82) is 0 Å². The van der Waals surface area contributed by atoms with E-state index < -0.39 is 6.04 Å². The average Bonchev–Trinajstić information content (AvgIpc) is 3.32. The summed E-state index contributed by atoms with van der Waals surface area (Å²) in [4.78, 5) is 30.5. The van der Waals surface area contributed by atoms with Crippen LogP contribution in [-0.2, 0) is 9.59 Å². The number of rotatable bonds is 5. The van der Waals surface area contributed by atoms with Gasteiger partial charge in [-0.2, -0.15) is 0 Å². The first kappa shape index (κ1) is 17.2. The van der Waals surface area contributed by atoms with E-state index in [1.165, 1.54) is 0 Å². The molecule has 0 aliphatic carbocycles. The van der Waals surface area contributed by atoms with Gasteiger partial charge in [-0.05, 0) is 37.1 Å². The number of nitrogens with zero attached hydrogens (tertiary/aromatic N) is 3. The highest BCUT2D eigenvalue weighted by molar-refractivity contribution is 5.97. The molecule has 7 nitrogen and oxygen atoms in total. The largest absolute Gasteiger partial charge is 0.354 e. The number of carbonyl (C=O) groups excluding carboxylic acids is 2. The number of fused-ring (bicyclic) bond motifs is 1. The van der Waals surface area contributed by atoms with E-state index in [9.17, 15) is 9.59 Å². The first-order valence-corrected chi connectivity index (χ1v) is 9.08. The number of pyridine rings is 1. The molecule has 1 aliphatic heterocycles. The lowest BCUT2D eigenvalue weighted by molar-refractivity contribution is -0.135. The summed E-state index contributed by atoms with van der Waals surface area (Å²) in [6.07, 6.45) is 3.61. The third kappa shape index (κ3) is 3.40. The molecule has 1 unspecified atom stereocenters. The van der Waals surface area contributed by atoms with Crippen LogP contribution in [0.4, 0.5) is 5.82 Å². The van der Waals surface area contributed by atoms with Crippen molar-refractivity contribution in [1.82, 2.24) is 15.0 Å². The van der Waals surface area contributed by atoms with Crippen molar-refractivity contribution in [3.63, 3.8) is 0 Å². The molecule has 1 fully saturated rings. The van der Waals surface area contributed by atoms with Crippen LogP contribution in [0.1, 0.15) is 26.2 Å². The highest BCUT2D eigenvalue weighted by Gasteiger charge is 2.31. The molecule has 3 aromatic rings. The molecule has 0 saturated carbocycles. The fourth-order valence-electron chi connectivity index (χ4n) is 3.45. The summed E-state index contributed by atoms with van der Waals surface area (Å²) in [5, 5.41) is 7.71. The van der Waals surface area contributed by atoms with Gasteiger partial charge in [-0.3, -0.25) is 14.6 Å². The number of anilines is 1. The molecule has 3 heterocycles. The van der Waals surface area contributed by atoms with Crippen LogP contribution in [0.3, 0.4) is 0 Å². The molecule has 0 radical (unpaired) electrons. The predicted octanol–water partition coefficient (Wildman–Crippen LogP) is 3.23. The molecular weight excluding hydrogens is 344 g/mol. The second-order valence-electron chi connectivity index (χ2n) is 6.59. The summed E-state index contributed by atoms with van der Waals surface area (Å²) in [5.41, 5.74) is 1.75. The van der Waals surface area contributed by atoms with Crippen LogP contribution in [-0.4, -0.2) is 39.4 Å². The Hall–Kier alpha value is -3.22. The van der Waals surface area contributed by atoms with Crippen molar-refractivity contribution in [3.05, 3.63) is 42.6 Å². The van der Waals surface area contributed by atoms with Gasteiger partial charge in [0.15, 0.2) is 11.6 Å². The Labute approximate surface area is 156 Å². The molecule has 1 saturated heterocycles. The predicted molar refractivity (Wildman–Crippen MR) is 101 cm³/mol. The Bertz CT molecular complexity index is 998. The van der Waals surface area contributed by atoms with Gasteiger partial charge in [0.2, 0.25) is 11.8 Å². The molecule has 1 aromatic carbocycles. The zero-order valence-corrected chi connectivity index (χ0v) is 15.0. The summed E-state index contributed by atoms with van der Waals surface area (Å²) in [6, 6.07) is 10.8. The lowest BCUT2D eigenvalue weighted by atomic mass is 10.1. The maximum atomic E-state index is 12.6. The van der Waals surface area contributed by atoms with E-state index in [1.807, 2.05) is 37.3 Å². The topological polar surface area (TPSA) is 88.3 Å². The minimum absolute atomic E-state index is 0.0302. The smallest absolute Gasteiger partial charge is 0.248 e. The first-order valence-electron chi connectivity index (χ1n) is 9.08. The summed E-state index contributed by atoms with van der Waals surface area (Å²) < 4.78 is 5.39.